The van der Waals surface area contributed by atoms with Crippen LogP contribution in [0.2, 0.25) is 5.02 Å². The van der Waals surface area contributed by atoms with Crippen molar-refractivity contribution in [1.29, 1.82) is 0 Å². The maximum atomic E-state index is 13.4. The highest BCUT2D eigenvalue weighted by atomic mass is 35.5. The third-order valence-electron chi connectivity index (χ3n) is 2.83. The van der Waals surface area contributed by atoms with Crippen LogP contribution in [0.15, 0.2) is 17.7 Å². The summed E-state index contributed by atoms with van der Waals surface area (Å²) in [5, 5.41) is 9.57. The number of aryl methyl sites for hydroxylation is 1. The summed E-state index contributed by atoms with van der Waals surface area (Å²) in [5.74, 6) is -0.771. The van der Waals surface area contributed by atoms with Crippen LogP contribution in [0.5, 0.6) is 5.75 Å². The van der Waals surface area contributed by atoms with E-state index in [9.17, 15) is 13.6 Å². The number of halogens is 3. The normalized spacial score (nSPS) is 17.6. The summed E-state index contributed by atoms with van der Waals surface area (Å²) in [6.45, 7) is 4.28. The number of ether oxygens (including phenoxy) is 1. The van der Waals surface area contributed by atoms with Crippen molar-refractivity contribution in [2.75, 3.05) is 6.67 Å². The van der Waals surface area contributed by atoms with E-state index in [1.54, 1.807) is 19.1 Å². The summed E-state index contributed by atoms with van der Waals surface area (Å²) < 4.78 is 29.1. The lowest BCUT2D eigenvalue weighted by Gasteiger charge is -2.26. The quantitative estimate of drug-likeness (QED) is 0.888. The smallest absolute Gasteiger partial charge is 0.335 e. The van der Waals surface area contributed by atoms with Gasteiger partial charge in [-0.2, -0.15) is 0 Å². The monoisotopic (exact) mass is 318 g/mol. The van der Waals surface area contributed by atoms with Crippen molar-refractivity contribution >= 4 is 23.6 Å². The predicted octanol–water partition coefficient (Wildman–Crippen LogP) is 4.21. The summed E-state index contributed by atoms with van der Waals surface area (Å²) in [7, 11) is 0. The van der Waals surface area contributed by atoms with Crippen molar-refractivity contribution < 1.29 is 23.4 Å². The predicted molar refractivity (Wildman–Crippen MR) is 78.4 cm³/mol. The second-order valence-electron chi connectivity index (χ2n) is 4.53. The first kappa shape index (κ1) is 17.4. The number of hydrogen-bond acceptors (Lipinski definition) is 2. The van der Waals surface area contributed by atoms with Gasteiger partial charge < -0.3 is 9.84 Å². The van der Waals surface area contributed by atoms with Gasteiger partial charge in [-0.15, -0.1) is 0 Å². The van der Waals surface area contributed by atoms with Crippen LogP contribution in [0.25, 0.3) is 6.08 Å². The standard InChI is InChI=1S/C13H12ClFO3.C2H5F/c1-6-3-8-4-9(13(16)17)12(7(2)15)18-11(8)5-10(6)14;1-2-3/h3-5,7,12H,1-2H3,(H,16,17);2H2,1H3. The van der Waals surface area contributed by atoms with Crippen molar-refractivity contribution in [3.05, 3.63) is 33.9 Å². The fourth-order valence-electron chi connectivity index (χ4n) is 1.88. The third-order valence-corrected chi connectivity index (χ3v) is 3.23. The molecule has 0 amide bonds. The zero-order chi connectivity index (χ0) is 16.2. The van der Waals surface area contributed by atoms with Crippen LogP contribution < -0.4 is 4.74 Å². The molecule has 0 fully saturated rings. The van der Waals surface area contributed by atoms with E-state index < -0.39 is 18.2 Å². The van der Waals surface area contributed by atoms with Gasteiger partial charge in [0.2, 0.25) is 0 Å². The molecule has 1 aromatic carbocycles. The van der Waals surface area contributed by atoms with Crippen LogP contribution >= 0.6 is 11.6 Å². The number of fused-ring (bicyclic) bond motifs is 1. The number of carbonyl (C=O) groups is 1. The van der Waals surface area contributed by atoms with E-state index in [4.69, 9.17) is 21.4 Å². The van der Waals surface area contributed by atoms with Gasteiger partial charge in [0.25, 0.3) is 0 Å². The largest absolute Gasteiger partial charge is 0.482 e. The first-order chi connectivity index (χ1) is 9.81. The topological polar surface area (TPSA) is 46.5 Å². The van der Waals surface area contributed by atoms with Gasteiger partial charge in [0.1, 0.15) is 11.9 Å². The van der Waals surface area contributed by atoms with E-state index in [-0.39, 0.29) is 12.2 Å². The molecule has 0 aliphatic carbocycles. The minimum Gasteiger partial charge on any atom is -0.482 e. The molecule has 1 aliphatic heterocycles. The molecule has 0 radical (unpaired) electrons. The highest BCUT2D eigenvalue weighted by molar-refractivity contribution is 6.31. The molecule has 21 heavy (non-hydrogen) atoms. The maximum Gasteiger partial charge on any atom is 0.335 e. The molecule has 3 nitrogen and oxygen atoms in total. The Morgan fingerprint density at radius 1 is 1.52 bits per heavy atom. The molecule has 1 aliphatic rings. The summed E-state index contributed by atoms with van der Waals surface area (Å²) >= 11 is 5.96. The highest BCUT2D eigenvalue weighted by Crippen LogP contribution is 2.35. The Hall–Kier alpha value is -1.62. The van der Waals surface area contributed by atoms with Gasteiger partial charge in [-0.05, 0) is 44.5 Å². The fourth-order valence-corrected chi connectivity index (χ4v) is 2.03. The van der Waals surface area contributed by atoms with Crippen LogP contribution in [0.3, 0.4) is 0 Å². The van der Waals surface area contributed by atoms with Gasteiger partial charge in [-0.1, -0.05) is 11.6 Å². The summed E-state index contributed by atoms with van der Waals surface area (Å²) in [6, 6.07) is 3.30. The summed E-state index contributed by atoms with van der Waals surface area (Å²) in [5.41, 5.74) is 1.33. The molecule has 116 valence electrons. The van der Waals surface area contributed by atoms with Crippen molar-refractivity contribution in [1.82, 2.24) is 0 Å². The van der Waals surface area contributed by atoms with E-state index in [0.717, 1.165) is 5.56 Å². The Labute approximate surface area is 127 Å². The van der Waals surface area contributed by atoms with Crippen LogP contribution in [-0.4, -0.2) is 30.0 Å². The highest BCUT2D eigenvalue weighted by Gasteiger charge is 2.32. The summed E-state index contributed by atoms with van der Waals surface area (Å²) in [4.78, 5) is 11.1. The Morgan fingerprint density at radius 3 is 2.57 bits per heavy atom. The molecule has 2 atom stereocenters. The average Bonchev–Trinajstić information content (AvgIpc) is 2.39. The molecular weight excluding hydrogens is 302 g/mol. The minimum atomic E-state index is -1.42. The fraction of sp³-hybridized carbons (Fsp3) is 0.400. The maximum absolute atomic E-state index is 13.4. The molecule has 1 aromatic rings. The minimum absolute atomic E-state index is 0.0841. The van der Waals surface area contributed by atoms with Crippen molar-refractivity contribution in [3.8, 4) is 5.75 Å². The second-order valence-corrected chi connectivity index (χ2v) is 4.93. The molecule has 0 aromatic heterocycles. The third kappa shape index (κ3) is 4.17. The first-order valence-electron chi connectivity index (χ1n) is 6.43. The Kier molecular flexibility index (Phi) is 6.15. The van der Waals surface area contributed by atoms with Crippen molar-refractivity contribution in [3.63, 3.8) is 0 Å². The molecule has 0 spiro atoms. The molecule has 0 saturated heterocycles. The number of aliphatic carboxylic acids is 1. The lowest BCUT2D eigenvalue weighted by atomic mass is 9.98. The number of benzene rings is 1. The number of alkyl halides is 2. The number of rotatable bonds is 2. The van der Waals surface area contributed by atoms with Gasteiger partial charge in [-0.3, -0.25) is 4.39 Å². The van der Waals surface area contributed by atoms with E-state index in [1.165, 1.54) is 19.9 Å². The van der Waals surface area contributed by atoms with Gasteiger partial charge in [0.15, 0.2) is 6.10 Å². The average molecular weight is 319 g/mol. The van der Waals surface area contributed by atoms with E-state index in [2.05, 4.69) is 0 Å². The molecule has 2 rings (SSSR count). The SMILES string of the molecule is CCF.Cc1cc2c(cc1Cl)OC(C(C)F)C(C(=O)O)=C2. The van der Waals surface area contributed by atoms with Crippen LogP contribution in [0, 0.1) is 6.92 Å². The molecule has 6 heteroatoms. The lowest BCUT2D eigenvalue weighted by Crippen LogP contribution is -2.34. The second kappa shape index (κ2) is 7.41. The van der Waals surface area contributed by atoms with Gasteiger partial charge in [0, 0.05) is 10.6 Å². The van der Waals surface area contributed by atoms with Gasteiger partial charge in [-0.25, -0.2) is 9.18 Å². The molecule has 0 saturated carbocycles. The Morgan fingerprint density at radius 2 is 2.10 bits per heavy atom. The Bertz CT molecular complexity index is 556. The zero-order valence-corrected chi connectivity index (χ0v) is 12.7. The molecule has 1 heterocycles. The van der Waals surface area contributed by atoms with E-state index >= 15 is 0 Å². The van der Waals surface area contributed by atoms with Crippen LogP contribution in [0.1, 0.15) is 25.0 Å². The van der Waals surface area contributed by atoms with Crippen molar-refractivity contribution in [2.24, 2.45) is 0 Å². The number of hydrogen-bond donors (Lipinski definition) is 1. The molecular formula is C15H17ClF2O3. The lowest BCUT2D eigenvalue weighted by molar-refractivity contribution is -0.133. The molecule has 2 unspecified atom stereocenters. The number of carboxylic acids is 1. The van der Waals surface area contributed by atoms with Gasteiger partial charge in [0.05, 0.1) is 12.2 Å². The Balaban J connectivity index is 0.000000677. The summed E-state index contributed by atoms with van der Waals surface area (Å²) in [6.07, 6.45) is -1.08. The molecule has 0 bridgehead atoms. The van der Waals surface area contributed by atoms with Crippen LogP contribution in [0.4, 0.5) is 8.78 Å². The van der Waals surface area contributed by atoms with E-state index in [1.807, 2.05) is 0 Å². The molecule has 1 N–H and O–H groups in total. The van der Waals surface area contributed by atoms with Gasteiger partial charge >= 0.3 is 5.97 Å². The van der Waals surface area contributed by atoms with Crippen molar-refractivity contribution in [2.45, 2.75) is 33.0 Å². The van der Waals surface area contributed by atoms with Crippen LogP contribution in [-0.2, 0) is 4.79 Å². The first-order valence-corrected chi connectivity index (χ1v) is 6.81. The zero-order valence-electron chi connectivity index (χ0n) is 12.0. The number of carboxylic acid groups (broad SMARTS) is 1. The van der Waals surface area contributed by atoms with E-state index in [0.29, 0.717) is 16.3 Å².